The summed E-state index contributed by atoms with van der Waals surface area (Å²) in [6.45, 7) is 6.20. The Kier molecular flexibility index (Phi) is 6.34. The molecule has 0 saturated carbocycles. The highest BCUT2D eigenvalue weighted by atomic mass is 16.5. The van der Waals surface area contributed by atoms with E-state index in [1.165, 1.54) is 0 Å². The maximum Gasteiger partial charge on any atom is 0.340 e. The molecule has 0 radical (unpaired) electrons. The number of ether oxygens (including phenoxy) is 2. The Balaban J connectivity index is 1.62. The van der Waals surface area contributed by atoms with E-state index in [9.17, 15) is 9.59 Å². The zero-order valence-corrected chi connectivity index (χ0v) is 16.8. The number of aromatic nitrogens is 1. The Bertz CT molecular complexity index is 1010. The number of hydrogen-bond donors (Lipinski definition) is 1. The molecule has 0 aliphatic heterocycles. The van der Waals surface area contributed by atoms with Gasteiger partial charge in [-0.1, -0.05) is 30.3 Å². The third-order valence-corrected chi connectivity index (χ3v) is 4.58. The van der Waals surface area contributed by atoms with Gasteiger partial charge in [0.25, 0.3) is 5.91 Å². The first-order valence-electron chi connectivity index (χ1n) is 9.45. The van der Waals surface area contributed by atoms with Crippen LogP contribution >= 0.6 is 0 Å². The van der Waals surface area contributed by atoms with Crippen molar-refractivity contribution in [3.8, 4) is 11.5 Å². The van der Waals surface area contributed by atoms with E-state index in [1.54, 1.807) is 24.3 Å². The van der Waals surface area contributed by atoms with E-state index >= 15 is 0 Å². The predicted octanol–water partition coefficient (Wildman–Crippen LogP) is 4.71. The van der Waals surface area contributed by atoms with E-state index in [0.29, 0.717) is 22.7 Å². The second kappa shape index (κ2) is 9.10. The van der Waals surface area contributed by atoms with E-state index < -0.39 is 11.9 Å². The molecule has 150 valence electrons. The Morgan fingerprint density at radius 2 is 1.69 bits per heavy atom. The molecule has 3 aromatic rings. The molecule has 1 aromatic heterocycles. The van der Waals surface area contributed by atoms with Crippen molar-refractivity contribution in [2.75, 3.05) is 11.9 Å². The van der Waals surface area contributed by atoms with Crippen molar-refractivity contribution in [1.29, 1.82) is 0 Å². The van der Waals surface area contributed by atoms with Gasteiger partial charge in [-0.25, -0.2) is 4.79 Å². The number of para-hydroxylation sites is 3. The summed E-state index contributed by atoms with van der Waals surface area (Å²) in [4.78, 5) is 24.7. The standard InChI is InChI=1S/C23H24N2O4/c1-4-25-16(2)14-19(17(25)3)23(27)28-15-22(26)24-20-12-8-9-13-21(20)29-18-10-6-5-7-11-18/h5-14H,4,15H2,1-3H3,(H,24,26). The third-order valence-electron chi connectivity index (χ3n) is 4.58. The van der Waals surface area contributed by atoms with Crippen LogP contribution in [-0.4, -0.2) is 23.1 Å². The largest absolute Gasteiger partial charge is 0.455 e. The van der Waals surface area contributed by atoms with Gasteiger partial charge in [0, 0.05) is 17.9 Å². The van der Waals surface area contributed by atoms with Crippen molar-refractivity contribution in [1.82, 2.24) is 4.57 Å². The molecule has 0 atom stereocenters. The third kappa shape index (κ3) is 4.85. The molecule has 0 fully saturated rings. The average molecular weight is 392 g/mol. The van der Waals surface area contributed by atoms with E-state index in [-0.39, 0.29) is 6.61 Å². The summed E-state index contributed by atoms with van der Waals surface area (Å²) in [5, 5.41) is 2.73. The highest BCUT2D eigenvalue weighted by molar-refractivity contribution is 5.96. The summed E-state index contributed by atoms with van der Waals surface area (Å²) in [7, 11) is 0. The number of amides is 1. The number of hydrogen-bond acceptors (Lipinski definition) is 4. The maximum atomic E-state index is 12.4. The molecule has 1 amide bonds. The van der Waals surface area contributed by atoms with Crippen molar-refractivity contribution in [2.45, 2.75) is 27.3 Å². The summed E-state index contributed by atoms with van der Waals surface area (Å²) in [6.07, 6.45) is 0. The minimum Gasteiger partial charge on any atom is -0.455 e. The molecule has 1 heterocycles. The number of carbonyl (C=O) groups is 2. The fraction of sp³-hybridized carbons (Fsp3) is 0.217. The first-order chi connectivity index (χ1) is 14.0. The van der Waals surface area contributed by atoms with Gasteiger partial charge in [0.2, 0.25) is 0 Å². The number of rotatable bonds is 7. The van der Waals surface area contributed by atoms with Crippen molar-refractivity contribution in [2.24, 2.45) is 0 Å². The molecule has 2 aromatic carbocycles. The molecule has 3 rings (SSSR count). The quantitative estimate of drug-likeness (QED) is 0.591. The minimum atomic E-state index is -0.512. The number of aryl methyl sites for hydroxylation is 1. The molecule has 0 bridgehead atoms. The lowest BCUT2D eigenvalue weighted by Gasteiger charge is -2.12. The van der Waals surface area contributed by atoms with Crippen molar-refractivity contribution in [3.05, 3.63) is 77.6 Å². The molecule has 0 aliphatic rings. The molecule has 29 heavy (non-hydrogen) atoms. The molecule has 0 spiro atoms. The average Bonchev–Trinajstić information content (AvgIpc) is 3.02. The second-order valence-corrected chi connectivity index (χ2v) is 6.56. The Morgan fingerprint density at radius 3 is 2.38 bits per heavy atom. The predicted molar refractivity (Wildman–Crippen MR) is 111 cm³/mol. The van der Waals surface area contributed by atoms with Gasteiger partial charge >= 0.3 is 5.97 Å². The van der Waals surface area contributed by atoms with E-state index in [4.69, 9.17) is 9.47 Å². The summed E-state index contributed by atoms with van der Waals surface area (Å²) in [5.74, 6) is 0.213. The van der Waals surface area contributed by atoms with Gasteiger partial charge in [-0.2, -0.15) is 0 Å². The smallest absolute Gasteiger partial charge is 0.340 e. The number of benzene rings is 2. The van der Waals surface area contributed by atoms with E-state index in [1.807, 2.05) is 61.7 Å². The number of nitrogens with zero attached hydrogens (tertiary/aromatic N) is 1. The van der Waals surface area contributed by atoms with Crippen molar-refractivity contribution >= 4 is 17.6 Å². The number of esters is 1. The molecule has 0 aliphatic carbocycles. The van der Waals surface area contributed by atoms with Crippen LogP contribution in [0.2, 0.25) is 0 Å². The summed E-state index contributed by atoms with van der Waals surface area (Å²) in [5.41, 5.74) is 2.79. The maximum absolute atomic E-state index is 12.4. The molecule has 0 saturated heterocycles. The lowest BCUT2D eigenvalue weighted by atomic mass is 10.2. The lowest BCUT2D eigenvalue weighted by molar-refractivity contribution is -0.119. The minimum absolute atomic E-state index is 0.381. The van der Waals surface area contributed by atoms with Crippen LogP contribution in [0.4, 0.5) is 5.69 Å². The fourth-order valence-electron chi connectivity index (χ4n) is 3.16. The van der Waals surface area contributed by atoms with E-state index in [0.717, 1.165) is 17.9 Å². The molecule has 6 nitrogen and oxygen atoms in total. The van der Waals surface area contributed by atoms with Gasteiger partial charge in [0.05, 0.1) is 11.3 Å². The van der Waals surface area contributed by atoms with Crippen LogP contribution < -0.4 is 10.1 Å². The van der Waals surface area contributed by atoms with Gasteiger partial charge in [-0.15, -0.1) is 0 Å². The number of carbonyl (C=O) groups excluding carboxylic acids is 2. The van der Waals surface area contributed by atoms with Crippen LogP contribution in [0.25, 0.3) is 0 Å². The van der Waals surface area contributed by atoms with Crippen LogP contribution in [0.1, 0.15) is 28.7 Å². The summed E-state index contributed by atoms with van der Waals surface area (Å²) >= 11 is 0. The van der Waals surface area contributed by atoms with Crippen molar-refractivity contribution in [3.63, 3.8) is 0 Å². The van der Waals surface area contributed by atoms with Crippen LogP contribution in [0, 0.1) is 13.8 Å². The van der Waals surface area contributed by atoms with Gasteiger partial charge in [-0.05, 0) is 51.1 Å². The highest BCUT2D eigenvalue weighted by Crippen LogP contribution is 2.29. The normalized spacial score (nSPS) is 10.4. The van der Waals surface area contributed by atoms with Gasteiger partial charge in [0.1, 0.15) is 5.75 Å². The fourth-order valence-corrected chi connectivity index (χ4v) is 3.16. The second-order valence-electron chi connectivity index (χ2n) is 6.56. The molecular formula is C23H24N2O4. The van der Waals surface area contributed by atoms with Gasteiger partial charge < -0.3 is 19.4 Å². The Labute approximate surface area is 170 Å². The van der Waals surface area contributed by atoms with Gasteiger partial charge in [0.15, 0.2) is 12.4 Å². The SMILES string of the molecule is CCn1c(C)cc(C(=O)OCC(=O)Nc2ccccc2Oc2ccccc2)c1C. The molecule has 0 unspecified atom stereocenters. The first-order valence-corrected chi connectivity index (χ1v) is 9.45. The molecular weight excluding hydrogens is 368 g/mol. The lowest BCUT2D eigenvalue weighted by Crippen LogP contribution is -2.21. The summed E-state index contributed by atoms with van der Waals surface area (Å²) < 4.78 is 13.1. The van der Waals surface area contributed by atoms with E-state index in [2.05, 4.69) is 5.32 Å². The zero-order valence-electron chi connectivity index (χ0n) is 16.8. The zero-order chi connectivity index (χ0) is 20.8. The summed E-state index contributed by atoms with van der Waals surface area (Å²) in [6, 6.07) is 18.2. The van der Waals surface area contributed by atoms with Gasteiger partial charge in [-0.3, -0.25) is 4.79 Å². The monoisotopic (exact) mass is 392 g/mol. The highest BCUT2D eigenvalue weighted by Gasteiger charge is 2.18. The molecule has 1 N–H and O–H groups in total. The topological polar surface area (TPSA) is 69.6 Å². The Hall–Kier alpha value is -3.54. The molecule has 6 heteroatoms. The van der Waals surface area contributed by atoms with Crippen molar-refractivity contribution < 1.29 is 19.1 Å². The Morgan fingerprint density at radius 1 is 1.00 bits per heavy atom. The van der Waals surface area contributed by atoms with Crippen LogP contribution in [0.5, 0.6) is 11.5 Å². The van der Waals surface area contributed by atoms with Crippen LogP contribution in [0.15, 0.2) is 60.7 Å². The number of nitrogens with one attached hydrogen (secondary N) is 1. The van der Waals surface area contributed by atoms with Crippen LogP contribution in [0.3, 0.4) is 0 Å². The number of anilines is 1. The first kappa shape index (κ1) is 20.2. The van der Waals surface area contributed by atoms with Crippen LogP contribution in [-0.2, 0) is 16.1 Å².